The molecule has 2 N–H and O–H groups in total. The molecule has 1 aromatic carbocycles. The highest BCUT2D eigenvalue weighted by atomic mass is 16.3. The van der Waals surface area contributed by atoms with Gasteiger partial charge in [-0.1, -0.05) is 39.0 Å². The first kappa shape index (κ1) is 14.6. The Morgan fingerprint density at radius 1 is 1.10 bits per heavy atom. The van der Waals surface area contributed by atoms with Crippen LogP contribution in [0.1, 0.15) is 51.0 Å². The van der Waals surface area contributed by atoms with E-state index < -0.39 is 0 Å². The summed E-state index contributed by atoms with van der Waals surface area (Å²) >= 11 is 0. The number of hydrogen-bond acceptors (Lipinski definition) is 2. The van der Waals surface area contributed by atoms with Crippen LogP contribution < -0.4 is 5.56 Å². The molecule has 0 aliphatic heterocycles. The summed E-state index contributed by atoms with van der Waals surface area (Å²) in [5.74, 6) is 0.302. The van der Waals surface area contributed by atoms with Crippen LogP contribution >= 0.6 is 0 Å². The Balaban J connectivity index is 2.01. The fourth-order valence-corrected chi connectivity index (χ4v) is 2.56. The molecule has 0 saturated carbocycles. The lowest BCUT2D eigenvalue weighted by Gasteiger charge is -2.06. The normalized spacial score (nSPS) is 11.1. The van der Waals surface area contributed by atoms with Gasteiger partial charge in [-0.2, -0.15) is 0 Å². The van der Waals surface area contributed by atoms with Gasteiger partial charge < -0.3 is 10.1 Å². The van der Waals surface area contributed by atoms with Crippen molar-refractivity contribution in [3.63, 3.8) is 0 Å². The van der Waals surface area contributed by atoms with Crippen LogP contribution in [0.15, 0.2) is 29.2 Å². The number of phenolic OH excluding ortho intramolecular Hbond substituents is 1. The zero-order valence-electron chi connectivity index (χ0n) is 12.1. The molecule has 2 rings (SSSR count). The number of rotatable bonds is 7. The van der Waals surface area contributed by atoms with E-state index in [9.17, 15) is 9.90 Å². The minimum atomic E-state index is -0.0910. The molecule has 108 valence electrons. The van der Waals surface area contributed by atoms with Crippen molar-refractivity contribution in [2.24, 2.45) is 0 Å². The molecule has 0 saturated heterocycles. The second-order valence-corrected chi connectivity index (χ2v) is 5.39. The second-order valence-electron chi connectivity index (χ2n) is 5.39. The molecule has 1 aromatic heterocycles. The number of H-pyrrole nitrogens is 1. The molecular formula is C17H23NO2. The lowest BCUT2D eigenvalue weighted by molar-refractivity contribution is 0.467. The average Bonchev–Trinajstić information content (AvgIpc) is 2.44. The van der Waals surface area contributed by atoms with Crippen LogP contribution in [0.5, 0.6) is 5.75 Å². The van der Waals surface area contributed by atoms with Crippen LogP contribution in [0.2, 0.25) is 0 Å². The van der Waals surface area contributed by atoms with E-state index in [0.29, 0.717) is 11.1 Å². The number of nitrogens with one attached hydrogen (secondary N) is 1. The summed E-state index contributed by atoms with van der Waals surface area (Å²) < 4.78 is 0. The summed E-state index contributed by atoms with van der Waals surface area (Å²) in [5, 5.41) is 11.5. The Labute approximate surface area is 119 Å². The third kappa shape index (κ3) is 3.62. The Morgan fingerprint density at radius 2 is 1.85 bits per heavy atom. The van der Waals surface area contributed by atoms with E-state index in [2.05, 4.69) is 11.9 Å². The summed E-state index contributed by atoms with van der Waals surface area (Å²) in [5.41, 5.74) is 0.788. The highest BCUT2D eigenvalue weighted by Gasteiger charge is 2.06. The van der Waals surface area contributed by atoms with Gasteiger partial charge in [0.1, 0.15) is 5.75 Å². The second kappa shape index (κ2) is 7.13. The lowest BCUT2D eigenvalue weighted by Crippen LogP contribution is -2.04. The van der Waals surface area contributed by atoms with Gasteiger partial charge in [0.25, 0.3) is 5.56 Å². The van der Waals surface area contributed by atoms with E-state index in [1.54, 1.807) is 12.3 Å². The van der Waals surface area contributed by atoms with Crippen molar-refractivity contribution >= 4 is 10.8 Å². The van der Waals surface area contributed by atoms with Gasteiger partial charge in [-0.15, -0.1) is 0 Å². The molecule has 0 unspecified atom stereocenters. The van der Waals surface area contributed by atoms with Gasteiger partial charge >= 0.3 is 0 Å². The number of fused-ring (bicyclic) bond motifs is 1. The number of aromatic nitrogens is 1. The molecule has 20 heavy (non-hydrogen) atoms. The van der Waals surface area contributed by atoms with Crippen LogP contribution in [0.4, 0.5) is 0 Å². The molecule has 0 fully saturated rings. The van der Waals surface area contributed by atoms with E-state index >= 15 is 0 Å². The Hall–Kier alpha value is -1.77. The number of aromatic amines is 1. The molecule has 0 atom stereocenters. The Bertz CT molecular complexity index is 616. The van der Waals surface area contributed by atoms with Crippen molar-refractivity contribution in [1.82, 2.24) is 4.98 Å². The minimum Gasteiger partial charge on any atom is -0.508 e. The summed E-state index contributed by atoms with van der Waals surface area (Å²) in [4.78, 5) is 14.4. The standard InChI is InChI=1S/C17H23NO2/c1-2-3-4-5-6-7-8-14-11-15-13(12-16(14)19)9-10-18-17(15)20/h9-12,19H,2-8H2,1H3,(H,18,20). The molecule has 2 aromatic rings. The van der Waals surface area contributed by atoms with E-state index in [0.717, 1.165) is 23.8 Å². The molecule has 1 heterocycles. The smallest absolute Gasteiger partial charge is 0.255 e. The maximum Gasteiger partial charge on any atom is 0.255 e. The summed E-state index contributed by atoms with van der Waals surface area (Å²) in [6.45, 7) is 2.21. The fraction of sp³-hybridized carbons (Fsp3) is 0.471. The van der Waals surface area contributed by atoms with Crippen LogP contribution in [0.25, 0.3) is 10.8 Å². The predicted molar refractivity (Wildman–Crippen MR) is 83.3 cm³/mol. The van der Waals surface area contributed by atoms with Crippen LogP contribution in [-0.2, 0) is 6.42 Å². The number of pyridine rings is 1. The van der Waals surface area contributed by atoms with Crippen LogP contribution in [0.3, 0.4) is 0 Å². The summed E-state index contributed by atoms with van der Waals surface area (Å²) in [6.07, 6.45) is 9.80. The van der Waals surface area contributed by atoms with Crippen LogP contribution in [0, 0.1) is 0 Å². The zero-order chi connectivity index (χ0) is 14.4. The van der Waals surface area contributed by atoms with Gasteiger partial charge in [0.05, 0.1) is 0 Å². The zero-order valence-corrected chi connectivity index (χ0v) is 12.1. The topological polar surface area (TPSA) is 53.1 Å². The number of aromatic hydroxyl groups is 1. The third-order valence-electron chi connectivity index (χ3n) is 3.77. The first-order chi connectivity index (χ1) is 9.72. The third-order valence-corrected chi connectivity index (χ3v) is 3.77. The van der Waals surface area contributed by atoms with Crippen molar-refractivity contribution in [2.75, 3.05) is 0 Å². The minimum absolute atomic E-state index is 0.0910. The van der Waals surface area contributed by atoms with E-state index in [-0.39, 0.29) is 5.56 Å². The Kier molecular flexibility index (Phi) is 5.22. The molecule has 0 bridgehead atoms. The van der Waals surface area contributed by atoms with Crippen molar-refractivity contribution < 1.29 is 5.11 Å². The molecule has 0 spiro atoms. The van der Waals surface area contributed by atoms with Gasteiger partial charge in [-0.3, -0.25) is 4.79 Å². The maximum absolute atomic E-state index is 11.8. The van der Waals surface area contributed by atoms with Gasteiger partial charge in [0.2, 0.25) is 0 Å². The number of benzene rings is 1. The van der Waals surface area contributed by atoms with Crippen molar-refractivity contribution in [3.8, 4) is 5.75 Å². The highest BCUT2D eigenvalue weighted by Crippen LogP contribution is 2.24. The summed E-state index contributed by atoms with van der Waals surface area (Å²) in [7, 11) is 0. The first-order valence-corrected chi connectivity index (χ1v) is 7.55. The lowest BCUT2D eigenvalue weighted by atomic mass is 10.0. The number of unbranched alkanes of at least 4 members (excludes halogenated alkanes) is 5. The van der Waals surface area contributed by atoms with Gasteiger partial charge in [-0.05, 0) is 42.0 Å². The largest absolute Gasteiger partial charge is 0.508 e. The van der Waals surface area contributed by atoms with Crippen molar-refractivity contribution in [1.29, 1.82) is 0 Å². The Morgan fingerprint density at radius 3 is 2.65 bits per heavy atom. The molecule has 0 aliphatic rings. The SMILES string of the molecule is CCCCCCCCc1cc2c(=O)[nH]ccc2cc1O. The average molecular weight is 273 g/mol. The molecule has 0 aliphatic carbocycles. The quantitative estimate of drug-likeness (QED) is 0.745. The molecule has 0 amide bonds. The fourth-order valence-electron chi connectivity index (χ4n) is 2.56. The molecule has 3 heteroatoms. The van der Waals surface area contributed by atoms with E-state index in [1.807, 2.05) is 12.1 Å². The van der Waals surface area contributed by atoms with Crippen LogP contribution in [-0.4, -0.2) is 10.1 Å². The van der Waals surface area contributed by atoms with Gasteiger partial charge in [0.15, 0.2) is 0 Å². The van der Waals surface area contributed by atoms with Crippen molar-refractivity contribution in [2.45, 2.75) is 51.9 Å². The van der Waals surface area contributed by atoms with Gasteiger partial charge in [-0.25, -0.2) is 0 Å². The molecule has 3 nitrogen and oxygen atoms in total. The molecular weight excluding hydrogens is 250 g/mol. The molecule has 0 radical (unpaired) electrons. The highest BCUT2D eigenvalue weighted by molar-refractivity contribution is 5.83. The number of hydrogen-bond donors (Lipinski definition) is 2. The number of aryl methyl sites for hydroxylation is 1. The van der Waals surface area contributed by atoms with Crippen molar-refractivity contribution in [3.05, 3.63) is 40.3 Å². The summed E-state index contributed by atoms with van der Waals surface area (Å²) in [6, 6.07) is 5.33. The van der Waals surface area contributed by atoms with Gasteiger partial charge in [0, 0.05) is 11.6 Å². The maximum atomic E-state index is 11.8. The first-order valence-electron chi connectivity index (χ1n) is 7.55. The number of phenols is 1. The van der Waals surface area contributed by atoms with E-state index in [1.165, 1.54) is 32.1 Å². The van der Waals surface area contributed by atoms with E-state index in [4.69, 9.17) is 0 Å². The predicted octanol–water partition coefficient (Wildman–Crippen LogP) is 4.14. The monoisotopic (exact) mass is 273 g/mol.